The number of benzene rings is 1. The van der Waals surface area contributed by atoms with E-state index < -0.39 is 0 Å². The molecule has 0 aliphatic heterocycles. The lowest BCUT2D eigenvalue weighted by atomic mass is 10.1. The average molecular weight is 231 g/mol. The minimum Gasteiger partial charge on any atom is -0.465 e. The Kier molecular flexibility index (Phi) is 4.64. The topological polar surface area (TPSA) is 39.2 Å². The number of fused-ring (bicyclic) bond motifs is 1. The molecule has 3 nitrogen and oxygen atoms in total. The van der Waals surface area contributed by atoms with Gasteiger partial charge >= 0.3 is 5.97 Å². The molecule has 0 N–H and O–H groups in total. The third-order valence-electron chi connectivity index (χ3n) is 2.26. The van der Waals surface area contributed by atoms with Crippen LogP contribution in [0.25, 0.3) is 10.9 Å². The van der Waals surface area contributed by atoms with E-state index in [1.165, 1.54) is 13.3 Å². The van der Waals surface area contributed by atoms with Gasteiger partial charge in [0.15, 0.2) is 0 Å². The fourth-order valence-corrected chi connectivity index (χ4v) is 1.48. The second-order valence-electron chi connectivity index (χ2n) is 3.41. The van der Waals surface area contributed by atoms with E-state index >= 15 is 0 Å². The van der Waals surface area contributed by atoms with E-state index in [-0.39, 0.29) is 5.97 Å². The number of carbonyl (C=O) groups excluding carboxylic acids is 1. The average Bonchev–Trinajstić information content (AvgIpc) is 2.39. The van der Waals surface area contributed by atoms with E-state index in [9.17, 15) is 4.79 Å². The van der Waals surface area contributed by atoms with Gasteiger partial charge in [0, 0.05) is 11.6 Å². The first-order valence-electron chi connectivity index (χ1n) is 5.65. The van der Waals surface area contributed by atoms with Crippen molar-refractivity contribution in [3.63, 3.8) is 0 Å². The highest BCUT2D eigenvalue weighted by molar-refractivity contribution is 5.93. The Bertz CT molecular complexity index is 521. The van der Waals surface area contributed by atoms with Crippen LogP contribution in [-0.4, -0.2) is 18.1 Å². The van der Waals surface area contributed by atoms with Crippen molar-refractivity contribution in [2.75, 3.05) is 7.11 Å². The maximum Gasteiger partial charge on any atom is 0.339 e. The first kappa shape index (κ1) is 13.2. The van der Waals surface area contributed by atoms with Crippen molar-refractivity contribution < 1.29 is 9.53 Å². The van der Waals surface area contributed by atoms with Gasteiger partial charge in [-0.2, -0.15) is 0 Å². The van der Waals surface area contributed by atoms with Crippen molar-refractivity contribution in [2.24, 2.45) is 0 Å². The Morgan fingerprint density at radius 2 is 1.94 bits per heavy atom. The normalized spacial score (nSPS) is 9.41. The van der Waals surface area contributed by atoms with Gasteiger partial charge in [-0.1, -0.05) is 25.5 Å². The molecule has 0 saturated carbocycles. The quantitative estimate of drug-likeness (QED) is 0.706. The van der Waals surface area contributed by atoms with Crippen molar-refractivity contribution in [1.82, 2.24) is 4.98 Å². The fraction of sp³-hybridized carbons (Fsp3) is 0.286. The molecule has 90 valence electrons. The molecular formula is C14H17NO2. The molecule has 3 heteroatoms. The molecule has 0 aliphatic rings. The molecule has 0 unspecified atom stereocenters. The molecule has 0 radical (unpaired) electrons. The number of pyridine rings is 1. The van der Waals surface area contributed by atoms with Gasteiger partial charge in [-0.25, -0.2) is 4.79 Å². The molecule has 1 aromatic heterocycles. The second-order valence-corrected chi connectivity index (χ2v) is 3.41. The van der Waals surface area contributed by atoms with Crippen molar-refractivity contribution in [3.05, 3.63) is 41.6 Å². The zero-order valence-corrected chi connectivity index (χ0v) is 10.7. The first-order chi connectivity index (χ1) is 8.20. The Morgan fingerprint density at radius 3 is 2.59 bits per heavy atom. The fourth-order valence-electron chi connectivity index (χ4n) is 1.48. The third-order valence-corrected chi connectivity index (χ3v) is 2.26. The number of esters is 1. The summed E-state index contributed by atoms with van der Waals surface area (Å²) in [5.74, 6) is -0.356. The van der Waals surface area contributed by atoms with E-state index in [0.29, 0.717) is 5.56 Å². The number of ether oxygens (including phenoxy) is 1. The highest BCUT2D eigenvalue weighted by Crippen LogP contribution is 2.15. The molecule has 0 amide bonds. The number of carbonyl (C=O) groups is 1. The number of rotatable bonds is 1. The smallest absolute Gasteiger partial charge is 0.339 e. The molecule has 0 atom stereocenters. The monoisotopic (exact) mass is 231 g/mol. The van der Waals surface area contributed by atoms with E-state index in [1.807, 2.05) is 39.0 Å². The summed E-state index contributed by atoms with van der Waals surface area (Å²) in [6, 6.07) is 7.72. The van der Waals surface area contributed by atoms with Crippen LogP contribution in [0.1, 0.15) is 29.8 Å². The number of nitrogens with zero attached hydrogens (tertiary/aromatic N) is 1. The van der Waals surface area contributed by atoms with Gasteiger partial charge in [-0.15, -0.1) is 0 Å². The lowest BCUT2D eigenvalue weighted by molar-refractivity contribution is 0.0600. The summed E-state index contributed by atoms with van der Waals surface area (Å²) in [6.45, 7) is 6.00. The summed E-state index contributed by atoms with van der Waals surface area (Å²) >= 11 is 0. The number of aryl methyl sites for hydroxylation is 1. The Balaban J connectivity index is 0.000000686. The summed E-state index contributed by atoms with van der Waals surface area (Å²) in [6.07, 6.45) is 1.53. The Labute approximate surface area is 101 Å². The van der Waals surface area contributed by atoms with Crippen LogP contribution in [0.4, 0.5) is 0 Å². The predicted molar refractivity (Wildman–Crippen MR) is 69.2 cm³/mol. The zero-order valence-electron chi connectivity index (χ0n) is 10.7. The summed E-state index contributed by atoms with van der Waals surface area (Å²) in [7, 11) is 1.36. The van der Waals surface area contributed by atoms with E-state index in [1.54, 1.807) is 6.07 Å². The molecule has 17 heavy (non-hydrogen) atoms. The van der Waals surface area contributed by atoms with Gasteiger partial charge in [0.05, 0.1) is 18.2 Å². The summed E-state index contributed by atoms with van der Waals surface area (Å²) in [5, 5.41) is 0.956. The molecular weight excluding hydrogens is 214 g/mol. The number of hydrogen-bond acceptors (Lipinski definition) is 3. The summed E-state index contributed by atoms with van der Waals surface area (Å²) in [5.41, 5.74) is 2.51. The highest BCUT2D eigenvalue weighted by atomic mass is 16.5. The van der Waals surface area contributed by atoms with Crippen molar-refractivity contribution in [3.8, 4) is 0 Å². The third kappa shape index (κ3) is 3.03. The van der Waals surface area contributed by atoms with Crippen LogP contribution in [-0.2, 0) is 4.74 Å². The van der Waals surface area contributed by atoms with Gasteiger partial charge in [-0.05, 0) is 25.1 Å². The second kappa shape index (κ2) is 5.99. The van der Waals surface area contributed by atoms with Gasteiger partial charge in [0.2, 0.25) is 0 Å². The Morgan fingerprint density at radius 1 is 1.24 bits per heavy atom. The molecule has 2 aromatic rings. The summed E-state index contributed by atoms with van der Waals surface area (Å²) < 4.78 is 4.64. The van der Waals surface area contributed by atoms with E-state index in [0.717, 1.165) is 16.5 Å². The lowest BCUT2D eigenvalue weighted by Crippen LogP contribution is -2.01. The zero-order chi connectivity index (χ0) is 12.8. The Hall–Kier alpha value is -1.90. The SMILES string of the molecule is CC.COC(=O)c1cnc2ccc(C)cc2c1. The molecule has 0 bridgehead atoms. The predicted octanol–water partition coefficient (Wildman–Crippen LogP) is 3.36. The highest BCUT2D eigenvalue weighted by Gasteiger charge is 2.06. The van der Waals surface area contributed by atoms with Gasteiger partial charge < -0.3 is 4.74 Å². The molecule has 0 saturated heterocycles. The standard InChI is InChI=1S/C12H11NO2.C2H6/c1-8-3-4-11-9(5-8)6-10(7-13-11)12(14)15-2;1-2/h3-7H,1-2H3;1-2H3. The van der Waals surface area contributed by atoms with Crippen LogP contribution in [0, 0.1) is 6.92 Å². The minimum atomic E-state index is -0.356. The largest absolute Gasteiger partial charge is 0.465 e. The van der Waals surface area contributed by atoms with Crippen molar-refractivity contribution in [2.45, 2.75) is 20.8 Å². The molecule has 1 aromatic carbocycles. The van der Waals surface area contributed by atoms with Crippen molar-refractivity contribution >= 4 is 16.9 Å². The lowest BCUT2D eigenvalue weighted by Gasteiger charge is -2.02. The maximum atomic E-state index is 11.3. The van der Waals surface area contributed by atoms with Crippen LogP contribution >= 0.6 is 0 Å². The number of methoxy groups -OCH3 is 1. The maximum absolute atomic E-state index is 11.3. The molecule has 0 fully saturated rings. The molecule has 1 heterocycles. The molecule has 0 aliphatic carbocycles. The van der Waals surface area contributed by atoms with E-state index in [2.05, 4.69) is 9.72 Å². The van der Waals surface area contributed by atoms with Gasteiger partial charge in [0.1, 0.15) is 0 Å². The van der Waals surface area contributed by atoms with E-state index in [4.69, 9.17) is 0 Å². The minimum absolute atomic E-state index is 0.356. The van der Waals surface area contributed by atoms with Crippen LogP contribution in [0.15, 0.2) is 30.5 Å². The van der Waals surface area contributed by atoms with Gasteiger partial charge in [0.25, 0.3) is 0 Å². The van der Waals surface area contributed by atoms with Crippen LogP contribution in [0.3, 0.4) is 0 Å². The number of hydrogen-bond donors (Lipinski definition) is 0. The summed E-state index contributed by atoms with van der Waals surface area (Å²) in [4.78, 5) is 15.5. The molecule has 2 rings (SSSR count). The van der Waals surface area contributed by atoms with Gasteiger partial charge in [-0.3, -0.25) is 4.98 Å². The number of aromatic nitrogens is 1. The van der Waals surface area contributed by atoms with Crippen LogP contribution < -0.4 is 0 Å². The molecule has 0 spiro atoms. The van der Waals surface area contributed by atoms with Crippen LogP contribution in [0.5, 0.6) is 0 Å². The van der Waals surface area contributed by atoms with Crippen LogP contribution in [0.2, 0.25) is 0 Å². The van der Waals surface area contributed by atoms with Crippen molar-refractivity contribution in [1.29, 1.82) is 0 Å². The first-order valence-corrected chi connectivity index (χ1v) is 5.65.